The van der Waals surface area contributed by atoms with Gasteiger partial charge in [-0.2, -0.15) is 0 Å². The van der Waals surface area contributed by atoms with Gasteiger partial charge < -0.3 is 19.7 Å². The summed E-state index contributed by atoms with van der Waals surface area (Å²) in [7, 11) is 0. The third-order valence-corrected chi connectivity index (χ3v) is 5.93. The van der Waals surface area contributed by atoms with Crippen LogP contribution in [0.3, 0.4) is 0 Å². The van der Waals surface area contributed by atoms with E-state index in [1.165, 1.54) is 12.8 Å². The molecule has 1 heterocycles. The van der Waals surface area contributed by atoms with Gasteiger partial charge >= 0.3 is 0 Å². The minimum atomic E-state index is -0.219. The van der Waals surface area contributed by atoms with Crippen LogP contribution in [0.25, 0.3) is 0 Å². The molecule has 1 saturated heterocycles. The van der Waals surface area contributed by atoms with Crippen molar-refractivity contribution in [3.63, 3.8) is 0 Å². The third kappa shape index (κ3) is 5.82. The molecular formula is C22H25IN2O3S. The molecule has 0 spiro atoms. The number of nitrogens with zero attached hydrogens (tertiary/aromatic N) is 1. The summed E-state index contributed by atoms with van der Waals surface area (Å²) in [6.07, 6.45) is 2.35. The molecule has 1 aliphatic rings. The number of nitrogens with one attached hydrogen (secondary N) is 1. The Morgan fingerprint density at radius 2 is 1.86 bits per heavy atom. The maximum absolute atomic E-state index is 12.3. The van der Waals surface area contributed by atoms with E-state index in [0.717, 1.165) is 38.5 Å². The number of halogens is 1. The Labute approximate surface area is 190 Å². The second kappa shape index (κ2) is 10.2. The molecule has 1 aliphatic heterocycles. The first kappa shape index (κ1) is 21.8. The molecule has 5 nitrogen and oxygen atoms in total. The van der Waals surface area contributed by atoms with Gasteiger partial charge in [0.15, 0.2) is 18.1 Å². The lowest BCUT2D eigenvalue weighted by atomic mass is 10.2. The van der Waals surface area contributed by atoms with Crippen molar-refractivity contribution >= 4 is 51.4 Å². The van der Waals surface area contributed by atoms with Crippen molar-refractivity contribution < 1.29 is 14.3 Å². The van der Waals surface area contributed by atoms with Gasteiger partial charge in [-0.1, -0.05) is 29.9 Å². The normalized spacial score (nSPS) is 13.3. The zero-order chi connectivity index (χ0) is 20.8. The molecule has 1 amide bonds. The molecule has 154 valence electrons. The summed E-state index contributed by atoms with van der Waals surface area (Å²) in [5, 5.41) is 2.84. The van der Waals surface area contributed by atoms with Gasteiger partial charge in [0.2, 0.25) is 0 Å². The average molecular weight is 524 g/mol. The van der Waals surface area contributed by atoms with Crippen molar-refractivity contribution in [3.8, 4) is 11.5 Å². The highest BCUT2D eigenvalue weighted by atomic mass is 127. The Balaban J connectivity index is 1.71. The highest BCUT2D eigenvalue weighted by Gasteiger charge is 2.20. The summed E-state index contributed by atoms with van der Waals surface area (Å²) in [6.45, 7) is 6.33. The summed E-state index contributed by atoms with van der Waals surface area (Å²) >= 11 is 7.88. The minimum Gasteiger partial charge on any atom is -0.490 e. The number of ether oxygens (including phenoxy) is 2. The van der Waals surface area contributed by atoms with Gasteiger partial charge in [0.1, 0.15) is 4.99 Å². The van der Waals surface area contributed by atoms with Crippen LogP contribution in [0.2, 0.25) is 0 Å². The van der Waals surface area contributed by atoms with Crippen molar-refractivity contribution in [2.24, 2.45) is 0 Å². The molecule has 0 atom stereocenters. The van der Waals surface area contributed by atoms with Crippen molar-refractivity contribution in [1.29, 1.82) is 0 Å². The maximum atomic E-state index is 12.3. The van der Waals surface area contributed by atoms with Gasteiger partial charge in [-0.15, -0.1) is 0 Å². The van der Waals surface area contributed by atoms with E-state index >= 15 is 0 Å². The number of aryl methyl sites for hydroxylation is 1. The van der Waals surface area contributed by atoms with E-state index in [4.69, 9.17) is 21.7 Å². The number of benzene rings is 2. The Morgan fingerprint density at radius 3 is 2.52 bits per heavy atom. The Hall–Kier alpha value is -1.87. The minimum absolute atomic E-state index is 0.0974. The number of anilines is 1. The summed E-state index contributed by atoms with van der Waals surface area (Å²) in [5.74, 6) is 0.960. The number of hydrogen-bond acceptors (Lipinski definition) is 4. The lowest BCUT2D eigenvalue weighted by Crippen LogP contribution is -2.27. The van der Waals surface area contributed by atoms with Gasteiger partial charge in [0, 0.05) is 24.3 Å². The molecule has 7 heteroatoms. The van der Waals surface area contributed by atoms with Crippen molar-refractivity contribution in [1.82, 2.24) is 4.90 Å². The van der Waals surface area contributed by atoms with E-state index in [1.54, 1.807) is 0 Å². The molecule has 0 aromatic heterocycles. The van der Waals surface area contributed by atoms with Crippen LogP contribution in [0, 0.1) is 10.5 Å². The van der Waals surface area contributed by atoms with Crippen molar-refractivity contribution in [3.05, 3.63) is 51.1 Å². The van der Waals surface area contributed by atoms with Crippen LogP contribution in [-0.4, -0.2) is 42.1 Å². The Kier molecular flexibility index (Phi) is 7.71. The average Bonchev–Trinajstić information content (AvgIpc) is 3.23. The number of thiocarbonyl (C=S) groups is 1. The SMILES string of the molecule is CCOc1cc(C(=S)N2CCCC2)cc(I)c1OCC(=O)Nc1ccc(C)cc1. The summed E-state index contributed by atoms with van der Waals surface area (Å²) in [4.78, 5) is 15.4. The number of likely N-dealkylation sites (tertiary alicyclic amines) is 1. The fraction of sp³-hybridized carbons (Fsp3) is 0.364. The maximum Gasteiger partial charge on any atom is 0.262 e. The quantitative estimate of drug-likeness (QED) is 0.417. The highest BCUT2D eigenvalue weighted by molar-refractivity contribution is 14.1. The first-order valence-corrected chi connectivity index (χ1v) is 11.2. The van der Waals surface area contributed by atoms with Gasteiger partial charge in [-0.05, 0) is 73.5 Å². The Morgan fingerprint density at radius 1 is 1.17 bits per heavy atom. The van der Waals surface area contributed by atoms with Gasteiger partial charge in [-0.25, -0.2) is 0 Å². The Bertz CT molecular complexity index is 880. The lowest BCUT2D eigenvalue weighted by molar-refractivity contribution is -0.118. The molecular weight excluding hydrogens is 499 g/mol. The molecule has 0 aliphatic carbocycles. The lowest BCUT2D eigenvalue weighted by Gasteiger charge is -2.21. The fourth-order valence-electron chi connectivity index (χ4n) is 3.17. The third-order valence-electron chi connectivity index (χ3n) is 4.63. The number of rotatable bonds is 7. The van der Waals surface area contributed by atoms with Crippen LogP contribution in [-0.2, 0) is 4.79 Å². The molecule has 0 saturated carbocycles. The zero-order valence-corrected chi connectivity index (χ0v) is 19.6. The fourth-order valence-corrected chi connectivity index (χ4v) is 4.23. The number of hydrogen-bond donors (Lipinski definition) is 1. The van der Waals surface area contributed by atoms with E-state index in [9.17, 15) is 4.79 Å². The van der Waals surface area contributed by atoms with E-state index < -0.39 is 0 Å². The smallest absolute Gasteiger partial charge is 0.262 e. The molecule has 2 aromatic rings. The molecule has 3 rings (SSSR count). The van der Waals surface area contributed by atoms with Crippen LogP contribution >= 0.6 is 34.8 Å². The highest BCUT2D eigenvalue weighted by Crippen LogP contribution is 2.35. The zero-order valence-electron chi connectivity index (χ0n) is 16.7. The topological polar surface area (TPSA) is 50.8 Å². The molecule has 2 aromatic carbocycles. The number of carbonyl (C=O) groups is 1. The standard InChI is InChI=1S/C22H25IN2O3S/c1-3-27-19-13-16(22(29)25-10-4-5-11-25)12-18(23)21(19)28-14-20(26)24-17-8-6-15(2)7-9-17/h6-9,12-13H,3-5,10-11,14H2,1-2H3,(H,24,26). The van der Waals surface area contributed by atoms with Crippen LogP contribution in [0.1, 0.15) is 30.9 Å². The summed E-state index contributed by atoms with van der Waals surface area (Å²) in [5.41, 5.74) is 2.84. The van der Waals surface area contributed by atoms with Crippen molar-refractivity contribution in [2.75, 3.05) is 31.6 Å². The van der Waals surface area contributed by atoms with Crippen molar-refractivity contribution in [2.45, 2.75) is 26.7 Å². The summed E-state index contributed by atoms with van der Waals surface area (Å²) in [6, 6.07) is 11.6. The largest absolute Gasteiger partial charge is 0.490 e. The first-order chi connectivity index (χ1) is 14.0. The molecule has 0 unspecified atom stereocenters. The number of amides is 1. The van der Waals surface area contributed by atoms with Gasteiger partial charge in [0.25, 0.3) is 5.91 Å². The van der Waals surface area contributed by atoms with E-state index in [1.807, 2.05) is 50.2 Å². The van der Waals surface area contributed by atoms with Crippen LogP contribution in [0.5, 0.6) is 11.5 Å². The molecule has 1 fully saturated rings. The molecule has 1 N–H and O–H groups in total. The monoisotopic (exact) mass is 524 g/mol. The second-order valence-corrected chi connectivity index (χ2v) is 8.47. The molecule has 0 radical (unpaired) electrons. The summed E-state index contributed by atoms with van der Waals surface area (Å²) < 4.78 is 12.5. The molecule has 29 heavy (non-hydrogen) atoms. The molecule has 0 bridgehead atoms. The van der Waals surface area contributed by atoms with Crippen LogP contribution in [0.15, 0.2) is 36.4 Å². The van der Waals surface area contributed by atoms with Crippen LogP contribution in [0.4, 0.5) is 5.69 Å². The first-order valence-electron chi connectivity index (χ1n) is 9.73. The predicted octanol–water partition coefficient (Wildman–Crippen LogP) is 4.79. The predicted molar refractivity (Wildman–Crippen MR) is 128 cm³/mol. The van der Waals surface area contributed by atoms with Crippen LogP contribution < -0.4 is 14.8 Å². The van der Waals surface area contributed by atoms with Gasteiger partial charge in [0.05, 0.1) is 10.2 Å². The van der Waals surface area contributed by atoms with Gasteiger partial charge in [-0.3, -0.25) is 4.79 Å². The van der Waals surface area contributed by atoms with E-state index in [2.05, 4.69) is 32.8 Å². The second-order valence-electron chi connectivity index (χ2n) is 6.92. The van der Waals surface area contributed by atoms with E-state index in [-0.39, 0.29) is 12.5 Å². The van der Waals surface area contributed by atoms with E-state index in [0.29, 0.717) is 18.1 Å². The number of carbonyl (C=O) groups excluding carboxylic acids is 1.